The summed E-state index contributed by atoms with van der Waals surface area (Å²) >= 11 is 0. The van der Waals surface area contributed by atoms with Gasteiger partial charge in [0.05, 0.1) is 0 Å². The SMILES string of the molecule is CC=CC=CC(=O)NC(C)CCN1CCN(c2cccc(C)c2)CC1. The smallest absolute Gasteiger partial charge is 0.244 e. The number of carbonyl (C=O) groups is 1. The maximum Gasteiger partial charge on any atom is 0.244 e. The molecule has 1 N–H and O–H groups in total. The van der Waals surface area contributed by atoms with Crippen molar-refractivity contribution in [1.29, 1.82) is 0 Å². The van der Waals surface area contributed by atoms with E-state index in [1.807, 2.05) is 19.1 Å². The van der Waals surface area contributed by atoms with E-state index in [1.165, 1.54) is 11.3 Å². The Morgan fingerprint density at radius 1 is 1.24 bits per heavy atom. The number of benzene rings is 1. The van der Waals surface area contributed by atoms with Crippen LogP contribution >= 0.6 is 0 Å². The van der Waals surface area contributed by atoms with Gasteiger partial charge in [-0.15, -0.1) is 0 Å². The fourth-order valence-corrected chi connectivity index (χ4v) is 3.05. The molecule has 0 saturated carbocycles. The maximum absolute atomic E-state index is 11.8. The van der Waals surface area contributed by atoms with Crippen LogP contribution < -0.4 is 10.2 Å². The van der Waals surface area contributed by atoms with Gasteiger partial charge in [0, 0.05) is 50.5 Å². The van der Waals surface area contributed by atoms with Crippen molar-refractivity contribution in [1.82, 2.24) is 10.2 Å². The number of nitrogens with one attached hydrogen (secondary N) is 1. The summed E-state index contributed by atoms with van der Waals surface area (Å²) in [6.45, 7) is 11.5. The van der Waals surface area contributed by atoms with Gasteiger partial charge in [-0.05, 0) is 44.9 Å². The van der Waals surface area contributed by atoms with Crippen LogP contribution in [0.4, 0.5) is 5.69 Å². The van der Waals surface area contributed by atoms with Gasteiger partial charge in [-0.25, -0.2) is 0 Å². The van der Waals surface area contributed by atoms with Gasteiger partial charge >= 0.3 is 0 Å². The minimum absolute atomic E-state index is 0.0186. The van der Waals surface area contributed by atoms with E-state index in [4.69, 9.17) is 0 Å². The molecule has 0 spiro atoms. The van der Waals surface area contributed by atoms with E-state index in [0.717, 1.165) is 39.1 Å². The lowest BCUT2D eigenvalue weighted by Crippen LogP contribution is -2.47. The quantitative estimate of drug-likeness (QED) is 0.611. The second kappa shape index (κ2) is 10.0. The molecule has 25 heavy (non-hydrogen) atoms. The molecule has 1 aliphatic rings. The molecule has 1 unspecified atom stereocenters. The number of aryl methyl sites for hydroxylation is 1. The van der Waals surface area contributed by atoms with E-state index in [2.05, 4.69) is 53.2 Å². The van der Waals surface area contributed by atoms with Crippen molar-refractivity contribution in [2.75, 3.05) is 37.6 Å². The molecule has 0 aliphatic carbocycles. The molecule has 1 fully saturated rings. The van der Waals surface area contributed by atoms with Crippen LogP contribution in [0.2, 0.25) is 0 Å². The standard InChI is InChI=1S/C21H31N3O/c1-4-5-6-10-21(25)22-19(3)11-12-23-13-15-24(16-14-23)20-9-7-8-18(2)17-20/h4-10,17,19H,11-16H2,1-3H3,(H,22,25). The largest absolute Gasteiger partial charge is 0.369 e. The Morgan fingerprint density at radius 3 is 2.68 bits per heavy atom. The summed E-state index contributed by atoms with van der Waals surface area (Å²) in [5.74, 6) is -0.0186. The Bertz CT molecular complexity index is 601. The first-order valence-electron chi connectivity index (χ1n) is 9.22. The average Bonchev–Trinajstić information content (AvgIpc) is 2.60. The van der Waals surface area contributed by atoms with E-state index in [-0.39, 0.29) is 11.9 Å². The lowest BCUT2D eigenvalue weighted by molar-refractivity contribution is -0.117. The zero-order valence-electron chi connectivity index (χ0n) is 15.7. The molecule has 1 aromatic carbocycles. The molecule has 0 bridgehead atoms. The number of amides is 1. The summed E-state index contributed by atoms with van der Waals surface area (Å²) in [6.07, 6.45) is 8.10. The Labute approximate surface area is 152 Å². The van der Waals surface area contributed by atoms with Crippen LogP contribution in [0, 0.1) is 6.92 Å². The monoisotopic (exact) mass is 341 g/mol. The molecular formula is C21H31N3O. The highest BCUT2D eigenvalue weighted by Gasteiger charge is 2.17. The molecule has 136 valence electrons. The Kier molecular flexibility index (Phi) is 7.74. The maximum atomic E-state index is 11.8. The molecule has 1 aliphatic heterocycles. The zero-order chi connectivity index (χ0) is 18.1. The Morgan fingerprint density at radius 2 is 2.00 bits per heavy atom. The fraction of sp³-hybridized carbons (Fsp3) is 0.476. The molecule has 4 heteroatoms. The number of piperazine rings is 1. The summed E-state index contributed by atoms with van der Waals surface area (Å²) < 4.78 is 0. The van der Waals surface area contributed by atoms with E-state index in [0.29, 0.717) is 0 Å². The number of carbonyl (C=O) groups excluding carboxylic acids is 1. The molecule has 0 aromatic heterocycles. The van der Waals surface area contributed by atoms with Crippen LogP contribution in [0.1, 0.15) is 25.8 Å². The second-order valence-electron chi connectivity index (χ2n) is 6.75. The third-order valence-electron chi connectivity index (χ3n) is 4.56. The summed E-state index contributed by atoms with van der Waals surface area (Å²) in [7, 11) is 0. The highest BCUT2D eigenvalue weighted by Crippen LogP contribution is 2.17. The first-order valence-corrected chi connectivity index (χ1v) is 9.22. The van der Waals surface area contributed by atoms with Gasteiger partial charge in [0.2, 0.25) is 5.91 Å². The molecule has 1 amide bonds. The predicted molar refractivity (Wildman–Crippen MR) is 106 cm³/mol. The number of anilines is 1. The van der Waals surface area contributed by atoms with Gasteiger partial charge < -0.3 is 10.2 Å². The topological polar surface area (TPSA) is 35.6 Å². The first-order chi connectivity index (χ1) is 12.1. The third kappa shape index (κ3) is 6.75. The summed E-state index contributed by atoms with van der Waals surface area (Å²) in [5.41, 5.74) is 2.64. The van der Waals surface area contributed by atoms with Crippen molar-refractivity contribution in [2.24, 2.45) is 0 Å². The molecule has 1 saturated heterocycles. The minimum Gasteiger partial charge on any atom is -0.369 e. The van der Waals surface area contributed by atoms with Crippen molar-refractivity contribution in [3.05, 3.63) is 54.1 Å². The normalized spacial score (nSPS) is 17.3. The van der Waals surface area contributed by atoms with Crippen LogP contribution in [0.25, 0.3) is 0 Å². The molecule has 0 radical (unpaired) electrons. The predicted octanol–water partition coefficient (Wildman–Crippen LogP) is 3.14. The molecule has 1 heterocycles. The van der Waals surface area contributed by atoms with Gasteiger partial charge in [0.25, 0.3) is 0 Å². The lowest BCUT2D eigenvalue weighted by Gasteiger charge is -2.36. The number of nitrogens with zero attached hydrogens (tertiary/aromatic N) is 2. The molecule has 4 nitrogen and oxygen atoms in total. The van der Waals surface area contributed by atoms with Gasteiger partial charge in [-0.2, -0.15) is 0 Å². The third-order valence-corrected chi connectivity index (χ3v) is 4.56. The summed E-state index contributed by atoms with van der Waals surface area (Å²) in [5, 5.41) is 3.02. The summed E-state index contributed by atoms with van der Waals surface area (Å²) in [4.78, 5) is 16.7. The van der Waals surface area contributed by atoms with Crippen LogP contribution in [0.15, 0.2) is 48.6 Å². The van der Waals surface area contributed by atoms with Crippen LogP contribution in [-0.4, -0.2) is 49.6 Å². The molecule has 1 atom stereocenters. The Balaban J connectivity index is 1.69. The summed E-state index contributed by atoms with van der Waals surface area (Å²) in [6, 6.07) is 8.92. The van der Waals surface area contributed by atoms with E-state index in [1.54, 1.807) is 12.2 Å². The fourth-order valence-electron chi connectivity index (χ4n) is 3.05. The second-order valence-corrected chi connectivity index (χ2v) is 6.75. The van der Waals surface area contributed by atoms with E-state index < -0.39 is 0 Å². The van der Waals surface area contributed by atoms with Crippen LogP contribution in [-0.2, 0) is 4.79 Å². The lowest BCUT2D eigenvalue weighted by atomic mass is 10.1. The first kappa shape index (κ1) is 19.3. The van der Waals surface area contributed by atoms with E-state index >= 15 is 0 Å². The van der Waals surface area contributed by atoms with Crippen molar-refractivity contribution >= 4 is 11.6 Å². The average molecular weight is 341 g/mol. The van der Waals surface area contributed by atoms with Gasteiger partial charge in [-0.3, -0.25) is 9.69 Å². The van der Waals surface area contributed by atoms with Crippen LogP contribution in [0.5, 0.6) is 0 Å². The molecular weight excluding hydrogens is 310 g/mol. The van der Waals surface area contributed by atoms with Crippen LogP contribution in [0.3, 0.4) is 0 Å². The van der Waals surface area contributed by atoms with Gasteiger partial charge in [0.1, 0.15) is 0 Å². The number of hydrogen-bond acceptors (Lipinski definition) is 3. The number of rotatable bonds is 7. The highest BCUT2D eigenvalue weighted by atomic mass is 16.1. The van der Waals surface area contributed by atoms with Crippen molar-refractivity contribution < 1.29 is 4.79 Å². The van der Waals surface area contributed by atoms with Gasteiger partial charge in [0.15, 0.2) is 0 Å². The molecule has 1 aromatic rings. The van der Waals surface area contributed by atoms with Gasteiger partial charge in [-0.1, -0.05) is 30.4 Å². The van der Waals surface area contributed by atoms with E-state index in [9.17, 15) is 4.79 Å². The van der Waals surface area contributed by atoms with Crippen molar-refractivity contribution in [2.45, 2.75) is 33.2 Å². The zero-order valence-corrected chi connectivity index (χ0v) is 15.7. The van der Waals surface area contributed by atoms with Crippen molar-refractivity contribution in [3.63, 3.8) is 0 Å². The highest BCUT2D eigenvalue weighted by molar-refractivity contribution is 5.87. The number of allylic oxidation sites excluding steroid dienone is 3. The Hall–Kier alpha value is -2.07. The molecule has 2 rings (SSSR count). The van der Waals surface area contributed by atoms with Crippen molar-refractivity contribution in [3.8, 4) is 0 Å². The minimum atomic E-state index is -0.0186. The number of hydrogen-bond donors (Lipinski definition) is 1.